The monoisotopic (exact) mass is 363 g/mol. The molecule has 0 spiro atoms. The summed E-state index contributed by atoms with van der Waals surface area (Å²) >= 11 is 0. The minimum atomic E-state index is 0.672. The minimum absolute atomic E-state index is 0.672. The molecule has 0 unspecified atom stereocenters. The molecule has 0 radical (unpaired) electrons. The van der Waals surface area contributed by atoms with Crippen LogP contribution in [0.25, 0.3) is 0 Å². The van der Waals surface area contributed by atoms with Gasteiger partial charge in [-0.1, -0.05) is 36.4 Å². The normalized spacial score (nSPS) is 11.3. The summed E-state index contributed by atoms with van der Waals surface area (Å²) in [6, 6.07) is 18.3. The Kier molecular flexibility index (Phi) is 6.46. The fraction of sp³-hybridized carbons (Fsp3) is 0.238. The molecule has 1 aromatic heterocycles. The predicted molar refractivity (Wildman–Crippen MR) is 108 cm³/mol. The van der Waals surface area contributed by atoms with E-state index in [4.69, 9.17) is 4.74 Å². The Bertz CT molecular complexity index is 874. The van der Waals surface area contributed by atoms with Crippen LogP contribution in [0.3, 0.4) is 0 Å². The van der Waals surface area contributed by atoms with Gasteiger partial charge in [-0.2, -0.15) is 5.10 Å². The molecule has 0 saturated heterocycles. The van der Waals surface area contributed by atoms with Crippen molar-refractivity contribution in [2.24, 2.45) is 4.99 Å². The molecule has 2 N–H and O–H groups in total. The lowest BCUT2D eigenvalue weighted by Crippen LogP contribution is -2.36. The van der Waals surface area contributed by atoms with Crippen LogP contribution in [0.15, 0.2) is 72.0 Å². The largest absolute Gasteiger partial charge is 0.497 e. The first-order valence-electron chi connectivity index (χ1n) is 8.90. The second-order valence-corrected chi connectivity index (χ2v) is 6.10. The number of aromatic nitrogens is 2. The van der Waals surface area contributed by atoms with Crippen LogP contribution in [0.2, 0.25) is 0 Å². The summed E-state index contributed by atoms with van der Waals surface area (Å²) in [6.45, 7) is 2.11. The smallest absolute Gasteiger partial charge is 0.191 e. The summed E-state index contributed by atoms with van der Waals surface area (Å²) in [7, 11) is 3.45. The summed E-state index contributed by atoms with van der Waals surface area (Å²) < 4.78 is 7.19. The van der Waals surface area contributed by atoms with E-state index in [-0.39, 0.29) is 0 Å². The maximum atomic E-state index is 5.27. The number of aliphatic imine (C=N–C) groups is 1. The molecule has 6 nitrogen and oxygen atoms in total. The van der Waals surface area contributed by atoms with E-state index < -0.39 is 0 Å². The van der Waals surface area contributed by atoms with Crippen molar-refractivity contribution in [1.82, 2.24) is 20.4 Å². The first-order chi connectivity index (χ1) is 13.3. The summed E-state index contributed by atoms with van der Waals surface area (Å²) in [5, 5.41) is 11.0. The van der Waals surface area contributed by atoms with Gasteiger partial charge >= 0.3 is 0 Å². The second kappa shape index (κ2) is 9.43. The molecule has 2 aromatic carbocycles. The Balaban J connectivity index is 1.58. The fourth-order valence-electron chi connectivity index (χ4n) is 2.82. The third-order valence-corrected chi connectivity index (χ3v) is 4.27. The molecule has 0 fully saturated rings. The highest BCUT2D eigenvalue weighted by atomic mass is 16.5. The van der Waals surface area contributed by atoms with E-state index in [1.54, 1.807) is 20.4 Å². The Hall–Kier alpha value is -3.28. The van der Waals surface area contributed by atoms with Crippen LogP contribution in [0.5, 0.6) is 5.75 Å². The topological polar surface area (TPSA) is 63.5 Å². The highest BCUT2D eigenvalue weighted by Gasteiger charge is 2.05. The average molecular weight is 363 g/mol. The van der Waals surface area contributed by atoms with Crippen molar-refractivity contribution in [1.29, 1.82) is 0 Å². The Labute approximate surface area is 159 Å². The molecular weight excluding hydrogens is 338 g/mol. The first kappa shape index (κ1) is 18.5. The zero-order chi connectivity index (χ0) is 18.9. The maximum Gasteiger partial charge on any atom is 0.191 e. The standard InChI is InChI=1S/C21H25N5O/c1-22-21(23-14-17-7-5-10-20(13-17)27-2)24-15-18-8-3-4-9-19(18)16-26-12-6-11-25-26/h3-13H,14-16H2,1-2H3,(H2,22,23,24). The van der Waals surface area contributed by atoms with Gasteiger partial charge in [0.05, 0.1) is 13.7 Å². The SMILES string of the molecule is CN=C(NCc1cccc(OC)c1)NCc1ccccc1Cn1cccn1. The molecule has 140 valence electrons. The lowest BCUT2D eigenvalue weighted by Gasteiger charge is -2.15. The number of nitrogens with zero attached hydrogens (tertiary/aromatic N) is 3. The predicted octanol–water partition coefficient (Wildman–Crippen LogP) is 2.81. The van der Waals surface area contributed by atoms with Crippen LogP contribution in [-0.4, -0.2) is 29.9 Å². The number of nitrogens with one attached hydrogen (secondary N) is 2. The van der Waals surface area contributed by atoms with Crippen LogP contribution < -0.4 is 15.4 Å². The van der Waals surface area contributed by atoms with Gasteiger partial charge in [-0.15, -0.1) is 0 Å². The quantitative estimate of drug-likeness (QED) is 0.500. The summed E-state index contributed by atoms with van der Waals surface area (Å²) in [6.07, 6.45) is 3.77. The number of guanidine groups is 1. The van der Waals surface area contributed by atoms with E-state index >= 15 is 0 Å². The first-order valence-corrected chi connectivity index (χ1v) is 8.90. The molecule has 0 saturated carbocycles. The average Bonchev–Trinajstić information content (AvgIpc) is 3.22. The van der Waals surface area contributed by atoms with Gasteiger partial charge in [-0.3, -0.25) is 9.67 Å². The van der Waals surface area contributed by atoms with E-state index in [2.05, 4.69) is 51.1 Å². The van der Waals surface area contributed by atoms with Crippen molar-refractivity contribution >= 4 is 5.96 Å². The second-order valence-electron chi connectivity index (χ2n) is 6.10. The molecule has 1 heterocycles. The molecule has 3 aromatic rings. The van der Waals surface area contributed by atoms with Gasteiger partial charge in [-0.05, 0) is 34.9 Å². The van der Waals surface area contributed by atoms with Crippen molar-refractivity contribution < 1.29 is 4.74 Å². The van der Waals surface area contributed by atoms with Gasteiger partial charge < -0.3 is 15.4 Å². The van der Waals surface area contributed by atoms with Crippen LogP contribution in [0, 0.1) is 0 Å². The highest BCUT2D eigenvalue weighted by Crippen LogP contribution is 2.12. The molecule has 0 atom stereocenters. The molecule has 0 aliphatic carbocycles. The lowest BCUT2D eigenvalue weighted by molar-refractivity contribution is 0.414. The van der Waals surface area contributed by atoms with E-state index in [9.17, 15) is 0 Å². The molecule has 0 aliphatic heterocycles. The van der Waals surface area contributed by atoms with Gasteiger partial charge in [0.2, 0.25) is 0 Å². The Morgan fingerprint density at radius 2 is 1.85 bits per heavy atom. The minimum Gasteiger partial charge on any atom is -0.497 e. The molecule has 27 heavy (non-hydrogen) atoms. The van der Waals surface area contributed by atoms with Gasteiger partial charge in [0, 0.05) is 32.5 Å². The van der Waals surface area contributed by atoms with Crippen molar-refractivity contribution in [3.05, 3.63) is 83.7 Å². The molecule has 0 bridgehead atoms. The maximum absolute atomic E-state index is 5.27. The van der Waals surface area contributed by atoms with E-state index in [0.29, 0.717) is 13.1 Å². The van der Waals surface area contributed by atoms with Crippen LogP contribution >= 0.6 is 0 Å². The van der Waals surface area contributed by atoms with Crippen molar-refractivity contribution in [3.63, 3.8) is 0 Å². The Morgan fingerprint density at radius 1 is 1.04 bits per heavy atom. The van der Waals surface area contributed by atoms with Crippen molar-refractivity contribution in [2.75, 3.05) is 14.2 Å². The third-order valence-electron chi connectivity index (χ3n) is 4.27. The highest BCUT2D eigenvalue weighted by molar-refractivity contribution is 5.79. The van der Waals surface area contributed by atoms with Gasteiger partial charge in [0.1, 0.15) is 5.75 Å². The van der Waals surface area contributed by atoms with Crippen molar-refractivity contribution in [2.45, 2.75) is 19.6 Å². The number of methoxy groups -OCH3 is 1. The molecule has 0 aliphatic rings. The van der Waals surface area contributed by atoms with Gasteiger partial charge in [0.15, 0.2) is 5.96 Å². The van der Waals surface area contributed by atoms with Gasteiger partial charge in [0.25, 0.3) is 0 Å². The number of ether oxygens (including phenoxy) is 1. The molecule has 6 heteroatoms. The molecular formula is C21H25N5O. The van der Waals surface area contributed by atoms with E-state index in [0.717, 1.165) is 23.8 Å². The van der Waals surface area contributed by atoms with Crippen LogP contribution in [0.4, 0.5) is 0 Å². The fourth-order valence-corrected chi connectivity index (χ4v) is 2.82. The number of rotatable bonds is 7. The molecule has 0 amide bonds. The summed E-state index contributed by atoms with van der Waals surface area (Å²) in [5.41, 5.74) is 3.59. The van der Waals surface area contributed by atoms with Crippen LogP contribution in [0.1, 0.15) is 16.7 Å². The zero-order valence-electron chi connectivity index (χ0n) is 15.7. The van der Waals surface area contributed by atoms with E-state index in [1.807, 2.05) is 35.1 Å². The number of hydrogen-bond donors (Lipinski definition) is 2. The number of hydrogen-bond acceptors (Lipinski definition) is 3. The summed E-state index contributed by atoms with van der Waals surface area (Å²) in [4.78, 5) is 4.31. The zero-order valence-corrected chi connectivity index (χ0v) is 15.7. The Morgan fingerprint density at radius 3 is 2.59 bits per heavy atom. The van der Waals surface area contributed by atoms with Gasteiger partial charge in [-0.25, -0.2) is 0 Å². The molecule has 3 rings (SSSR count). The third kappa shape index (κ3) is 5.34. The van der Waals surface area contributed by atoms with E-state index in [1.165, 1.54) is 11.1 Å². The lowest BCUT2D eigenvalue weighted by atomic mass is 10.1. The number of benzene rings is 2. The van der Waals surface area contributed by atoms with Crippen molar-refractivity contribution in [3.8, 4) is 5.75 Å². The summed E-state index contributed by atoms with van der Waals surface area (Å²) in [5.74, 6) is 1.61. The van der Waals surface area contributed by atoms with Crippen LogP contribution in [-0.2, 0) is 19.6 Å².